The van der Waals surface area contributed by atoms with Gasteiger partial charge in [0.2, 0.25) is 21.8 Å². The lowest BCUT2D eigenvalue weighted by atomic mass is 10.1. The van der Waals surface area contributed by atoms with Crippen LogP contribution in [-0.4, -0.2) is 63.2 Å². The quantitative estimate of drug-likeness (QED) is 0.516. The smallest absolute Gasteiger partial charge is 0.244 e. The predicted molar refractivity (Wildman–Crippen MR) is 134 cm³/mol. The molecule has 2 atom stereocenters. The molecule has 1 aliphatic heterocycles. The van der Waals surface area contributed by atoms with E-state index in [0.29, 0.717) is 36.7 Å². The van der Waals surface area contributed by atoms with Gasteiger partial charge in [-0.3, -0.25) is 13.9 Å². The summed E-state index contributed by atoms with van der Waals surface area (Å²) in [4.78, 5) is 27.7. The Kier molecular flexibility index (Phi) is 8.78. The molecule has 196 valence electrons. The van der Waals surface area contributed by atoms with Gasteiger partial charge >= 0.3 is 0 Å². The van der Waals surface area contributed by atoms with E-state index in [0.717, 1.165) is 10.6 Å². The summed E-state index contributed by atoms with van der Waals surface area (Å²) in [5.41, 5.74) is 0.826. The van der Waals surface area contributed by atoms with Gasteiger partial charge in [0.15, 0.2) is 11.5 Å². The summed E-state index contributed by atoms with van der Waals surface area (Å²) in [5, 5.41) is 2.85. The fourth-order valence-electron chi connectivity index (χ4n) is 3.64. The van der Waals surface area contributed by atoms with E-state index < -0.39 is 34.3 Å². The van der Waals surface area contributed by atoms with Gasteiger partial charge in [-0.15, -0.1) is 0 Å². The molecule has 0 aromatic heterocycles. The first kappa shape index (κ1) is 27.3. The molecule has 0 saturated heterocycles. The maximum atomic E-state index is 13.5. The van der Waals surface area contributed by atoms with Gasteiger partial charge in [-0.1, -0.05) is 19.1 Å². The maximum absolute atomic E-state index is 13.5. The van der Waals surface area contributed by atoms with Crippen molar-refractivity contribution in [3.8, 4) is 11.5 Å². The van der Waals surface area contributed by atoms with Gasteiger partial charge in [0, 0.05) is 18.7 Å². The summed E-state index contributed by atoms with van der Waals surface area (Å²) in [6, 6.07) is 9.18. The number of hydrogen-bond donors (Lipinski definition) is 1. The first-order chi connectivity index (χ1) is 17.0. The van der Waals surface area contributed by atoms with Crippen molar-refractivity contribution < 1.29 is 31.9 Å². The summed E-state index contributed by atoms with van der Waals surface area (Å²) in [6.45, 7) is 5.51. The molecular formula is C25H32FN3O6S. The minimum Gasteiger partial charge on any atom is -0.486 e. The Morgan fingerprint density at radius 2 is 1.69 bits per heavy atom. The SMILES string of the molecule is CCC(C)NC(=O)C(C)N(Cc1ccc(F)cc1)C(=O)CN(c1ccc2c(c1)OCCO2)S(C)(=O)=O. The minimum atomic E-state index is -3.88. The van der Waals surface area contributed by atoms with Gasteiger partial charge in [0.25, 0.3) is 0 Å². The summed E-state index contributed by atoms with van der Waals surface area (Å²) in [5.74, 6) is -0.528. The second kappa shape index (κ2) is 11.6. The zero-order valence-electron chi connectivity index (χ0n) is 20.9. The van der Waals surface area contributed by atoms with Crippen LogP contribution in [-0.2, 0) is 26.2 Å². The molecule has 2 aromatic carbocycles. The number of carbonyl (C=O) groups is 2. The molecule has 1 aliphatic rings. The number of rotatable bonds is 10. The highest BCUT2D eigenvalue weighted by atomic mass is 32.2. The molecule has 1 heterocycles. The number of sulfonamides is 1. The number of hydrogen-bond acceptors (Lipinski definition) is 6. The van der Waals surface area contributed by atoms with Gasteiger partial charge < -0.3 is 19.7 Å². The normalized spacial score (nSPS) is 14.5. The highest BCUT2D eigenvalue weighted by Gasteiger charge is 2.31. The van der Waals surface area contributed by atoms with Gasteiger partial charge in [-0.05, 0) is 50.1 Å². The molecule has 0 aliphatic carbocycles. The highest BCUT2D eigenvalue weighted by Crippen LogP contribution is 2.34. The third-order valence-corrected chi connectivity index (χ3v) is 7.07. The first-order valence-electron chi connectivity index (χ1n) is 11.7. The van der Waals surface area contributed by atoms with Crippen LogP contribution in [0.25, 0.3) is 0 Å². The summed E-state index contributed by atoms with van der Waals surface area (Å²) in [6.07, 6.45) is 1.71. The molecule has 36 heavy (non-hydrogen) atoms. The highest BCUT2D eigenvalue weighted by molar-refractivity contribution is 7.92. The molecule has 0 bridgehead atoms. The van der Waals surface area contributed by atoms with Crippen molar-refractivity contribution >= 4 is 27.5 Å². The molecule has 11 heteroatoms. The Bertz CT molecular complexity index is 1190. The molecule has 2 unspecified atom stereocenters. The van der Waals surface area contributed by atoms with Crippen LogP contribution in [0.5, 0.6) is 11.5 Å². The Morgan fingerprint density at radius 1 is 1.06 bits per heavy atom. The molecule has 0 saturated carbocycles. The van der Waals surface area contributed by atoms with E-state index in [1.165, 1.54) is 41.3 Å². The van der Waals surface area contributed by atoms with E-state index in [-0.39, 0.29) is 24.2 Å². The predicted octanol–water partition coefficient (Wildman–Crippen LogP) is 2.69. The third kappa shape index (κ3) is 6.87. The molecule has 2 amide bonds. The van der Waals surface area contributed by atoms with Gasteiger partial charge in [-0.25, -0.2) is 12.8 Å². The van der Waals surface area contributed by atoms with E-state index in [9.17, 15) is 22.4 Å². The van der Waals surface area contributed by atoms with Crippen molar-refractivity contribution in [2.45, 2.75) is 45.8 Å². The Balaban J connectivity index is 1.91. The van der Waals surface area contributed by atoms with Crippen molar-refractivity contribution in [1.82, 2.24) is 10.2 Å². The van der Waals surface area contributed by atoms with E-state index in [1.807, 2.05) is 13.8 Å². The second-order valence-corrected chi connectivity index (χ2v) is 10.6. The third-order valence-electron chi connectivity index (χ3n) is 5.93. The van der Waals surface area contributed by atoms with Crippen LogP contribution in [0.1, 0.15) is 32.8 Å². The van der Waals surface area contributed by atoms with Gasteiger partial charge in [0.05, 0.1) is 11.9 Å². The summed E-state index contributed by atoms with van der Waals surface area (Å²) < 4.78 is 50.9. The fraction of sp³-hybridized carbons (Fsp3) is 0.440. The van der Waals surface area contributed by atoms with Crippen LogP contribution in [0, 0.1) is 5.82 Å². The molecule has 0 radical (unpaired) electrons. The Labute approximate surface area is 211 Å². The topological polar surface area (TPSA) is 105 Å². The molecule has 0 spiro atoms. The van der Waals surface area contributed by atoms with Crippen molar-refractivity contribution in [3.63, 3.8) is 0 Å². The molecule has 9 nitrogen and oxygen atoms in total. The van der Waals surface area contributed by atoms with Crippen molar-refractivity contribution in [3.05, 3.63) is 53.8 Å². The lowest BCUT2D eigenvalue weighted by Gasteiger charge is -2.32. The summed E-state index contributed by atoms with van der Waals surface area (Å²) in [7, 11) is -3.88. The van der Waals surface area contributed by atoms with Gasteiger partial charge in [0.1, 0.15) is 31.6 Å². The maximum Gasteiger partial charge on any atom is 0.244 e. The van der Waals surface area contributed by atoms with E-state index >= 15 is 0 Å². The van der Waals surface area contributed by atoms with E-state index in [4.69, 9.17) is 9.47 Å². The Morgan fingerprint density at radius 3 is 2.31 bits per heavy atom. The van der Waals surface area contributed by atoms with Crippen LogP contribution in [0.2, 0.25) is 0 Å². The standard InChI is InChI=1S/C25H32FN3O6S/c1-5-17(2)27-25(31)18(3)28(15-19-6-8-20(26)9-7-19)24(30)16-29(36(4,32)33)21-10-11-22-23(14-21)35-13-12-34-22/h6-11,14,17-18H,5,12-13,15-16H2,1-4H3,(H,27,31). The molecular weight excluding hydrogens is 489 g/mol. The zero-order valence-corrected chi connectivity index (χ0v) is 21.7. The van der Waals surface area contributed by atoms with Crippen molar-refractivity contribution in [2.75, 3.05) is 30.3 Å². The van der Waals surface area contributed by atoms with Crippen molar-refractivity contribution in [1.29, 1.82) is 0 Å². The average Bonchev–Trinajstić information content (AvgIpc) is 2.85. The number of benzene rings is 2. The first-order valence-corrected chi connectivity index (χ1v) is 13.6. The van der Waals surface area contributed by atoms with Crippen LogP contribution in [0.15, 0.2) is 42.5 Å². The van der Waals surface area contributed by atoms with Crippen molar-refractivity contribution in [2.24, 2.45) is 0 Å². The number of nitrogens with zero attached hydrogens (tertiary/aromatic N) is 2. The molecule has 2 aromatic rings. The van der Waals surface area contributed by atoms with Crippen LogP contribution in [0.4, 0.5) is 10.1 Å². The molecule has 0 fully saturated rings. The summed E-state index contributed by atoms with van der Waals surface area (Å²) >= 11 is 0. The minimum absolute atomic E-state index is 0.00700. The number of nitrogens with one attached hydrogen (secondary N) is 1. The number of anilines is 1. The zero-order chi connectivity index (χ0) is 26.5. The number of halogens is 1. The number of ether oxygens (including phenoxy) is 2. The van der Waals surface area contributed by atoms with Gasteiger partial charge in [-0.2, -0.15) is 0 Å². The molecule has 3 rings (SSSR count). The lowest BCUT2D eigenvalue weighted by molar-refractivity contribution is -0.139. The average molecular weight is 522 g/mol. The van der Waals surface area contributed by atoms with E-state index in [1.54, 1.807) is 13.0 Å². The lowest BCUT2D eigenvalue weighted by Crippen LogP contribution is -2.52. The van der Waals surface area contributed by atoms with Crippen LogP contribution >= 0.6 is 0 Å². The monoisotopic (exact) mass is 521 g/mol. The Hall–Kier alpha value is -3.34. The van der Waals surface area contributed by atoms with Crippen LogP contribution < -0.4 is 19.1 Å². The largest absolute Gasteiger partial charge is 0.486 e. The fourth-order valence-corrected chi connectivity index (χ4v) is 4.48. The number of carbonyl (C=O) groups excluding carboxylic acids is 2. The van der Waals surface area contributed by atoms with Crippen LogP contribution in [0.3, 0.4) is 0 Å². The molecule has 1 N–H and O–H groups in total. The number of fused-ring (bicyclic) bond motifs is 1. The number of amides is 2. The van der Waals surface area contributed by atoms with E-state index in [2.05, 4.69) is 5.32 Å². The second-order valence-electron chi connectivity index (χ2n) is 8.74.